The monoisotopic (exact) mass is 861 g/mol. The minimum absolute atomic E-state index is 0. The van der Waals surface area contributed by atoms with Crippen LogP contribution in [0.25, 0.3) is 61.0 Å². The maximum absolute atomic E-state index is 6.75. The van der Waals surface area contributed by atoms with Gasteiger partial charge in [0.2, 0.25) is 5.71 Å². The summed E-state index contributed by atoms with van der Waals surface area (Å²) in [5.74, 6) is 3.47. The standard InChI is InChI=1S/C45H38N4O2.Pt/c1-26-17-43(47-24-27(26)2)49-40-12-8-7-11-35(40)36-16-14-34(23-41(36)49)50-42-22-32(20-38-37-15-13-28(3)48-45(37)51-44(38)42)39-21-31-18-30(19-33(31)25-46-39)29-9-5-4-6-10-29;/h7-8,11-17,20-21,24-25,29-30H,4-6,9-10,18-19H2,1-3H3;/q-2;+2. The molecule has 10 rings (SSSR count). The first-order valence-electron chi connectivity index (χ1n) is 18.3. The van der Waals surface area contributed by atoms with E-state index in [1.165, 1.54) is 48.8 Å². The number of aromatic nitrogens is 4. The summed E-state index contributed by atoms with van der Waals surface area (Å²) in [4.78, 5) is 14.6. The summed E-state index contributed by atoms with van der Waals surface area (Å²) in [5, 5.41) is 4.09. The molecule has 1 saturated carbocycles. The normalized spacial score (nSPS) is 16.2. The van der Waals surface area contributed by atoms with E-state index in [-0.39, 0.29) is 21.1 Å². The van der Waals surface area contributed by atoms with Gasteiger partial charge in [-0.2, -0.15) is 6.07 Å². The third kappa shape index (κ3) is 5.54. The minimum atomic E-state index is 0. The molecular weight excluding hydrogens is 824 g/mol. The maximum atomic E-state index is 6.75. The van der Waals surface area contributed by atoms with Crippen LogP contribution in [0.15, 0.2) is 83.5 Å². The van der Waals surface area contributed by atoms with Gasteiger partial charge < -0.3 is 18.7 Å². The second-order valence-electron chi connectivity index (χ2n) is 14.7. The van der Waals surface area contributed by atoms with Gasteiger partial charge in [0.05, 0.1) is 11.3 Å². The summed E-state index contributed by atoms with van der Waals surface area (Å²) in [6, 6.07) is 30.3. The van der Waals surface area contributed by atoms with Gasteiger partial charge >= 0.3 is 21.1 Å². The number of fused-ring (bicyclic) bond motifs is 7. The molecule has 0 saturated heterocycles. The van der Waals surface area contributed by atoms with Crippen molar-refractivity contribution in [3.8, 4) is 28.6 Å². The van der Waals surface area contributed by atoms with Crippen LogP contribution in [0.2, 0.25) is 0 Å². The molecule has 0 bridgehead atoms. The Morgan fingerprint density at radius 1 is 0.750 bits per heavy atom. The van der Waals surface area contributed by atoms with Crippen molar-refractivity contribution in [2.45, 2.75) is 65.7 Å². The molecule has 3 aromatic carbocycles. The number of nitrogens with zero attached hydrogens (tertiary/aromatic N) is 4. The van der Waals surface area contributed by atoms with Gasteiger partial charge in [-0.25, -0.2) is 9.97 Å². The Balaban J connectivity index is 0.00000360. The van der Waals surface area contributed by atoms with Crippen LogP contribution < -0.4 is 4.74 Å². The second-order valence-corrected chi connectivity index (χ2v) is 14.7. The Morgan fingerprint density at radius 2 is 1.58 bits per heavy atom. The van der Waals surface area contributed by atoms with E-state index in [1.807, 2.05) is 25.3 Å². The number of pyridine rings is 3. The molecule has 0 amide bonds. The smallest absolute Gasteiger partial charge is 0.499 e. The second kappa shape index (κ2) is 13.0. The topological polar surface area (TPSA) is 66.0 Å². The molecule has 260 valence electrons. The Morgan fingerprint density at radius 3 is 2.44 bits per heavy atom. The van der Waals surface area contributed by atoms with Gasteiger partial charge in [0.25, 0.3) is 0 Å². The molecule has 2 aliphatic rings. The number of aryl methyl sites for hydroxylation is 3. The first-order valence-corrected chi connectivity index (χ1v) is 18.3. The van der Waals surface area contributed by atoms with E-state index < -0.39 is 0 Å². The molecule has 0 N–H and O–H groups in total. The fourth-order valence-electron chi connectivity index (χ4n) is 8.61. The summed E-state index contributed by atoms with van der Waals surface area (Å²) in [7, 11) is 0. The van der Waals surface area contributed by atoms with Gasteiger partial charge in [0.1, 0.15) is 5.82 Å². The molecule has 7 heteroatoms. The van der Waals surface area contributed by atoms with E-state index in [2.05, 4.69) is 91.3 Å². The van der Waals surface area contributed by atoms with Crippen molar-refractivity contribution in [3.63, 3.8) is 0 Å². The van der Waals surface area contributed by atoms with Gasteiger partial charge in [0, 0.05) is 34.7 Å². The van der Waals surface area contributed by atoms with Crippen LogP contribution in [0.1, 0.15) is 60.1 Å². The van der Waals surface area contributed by atoms with Crippen LogP contribution in [0, 0.1) is 44.7 Å². The van der Waals surface area contributed by atoms with Crippen molar-refractivity contribution in [1.82, 2.24) is 19.5 Å². The first kappa shape index (κ1) is 33.1. The van der Waals surface area contributed by atoms with Crippen LogP contribution in [-0.4, -0.2) is 19.5 Å². The zero-order valence-corrected chi connectivity index (χ0v) is 31.8. The van der Waals surface area contributed by atoms with Gasteiger partial charge in [-0.05, 0) is 103 Å². The third-order valence-electron chi connectivity index (χ3n) is 11.5. The largest absolute Gasteiger partial charge is 2.00 e. The number of furan rings is 1. The third-order valence-corrected chi connectivity index (χ3v) is 11.5. The van der Waals surface area contributed by atoms with Crippen LogP contribution in [0.5, 0.6) is 11.5 Å². The summed E-state index contributed by atoms with van der Waals surface area (Å²) in [6.45, 7) is 6.18. The van der Waals surface area contributed by atoms with Crippen molar-refractivity contribution in [2.24, 2.45) is 11.8 Å². The molecule has 52 heavy (non-hydrogen) atoms. The summed E-state index contributed by atoms with van der Waals surface area (Å²) < 4.78 is 15.3. The molecule has 1 unspecified atom stereocenters. The van der Waals surface area contributed by atoms with E-state index in [9.17, 15) is 0 Å². The molecule has 5 heterocycles. The quantitative estimate of drug-likeness (QED) is 0.161. The number of benzene rings is 3. The Labute approximate surface area is 317 Å². The number of ether oxygens (including phenoxy) is 1. The van der Waals surface area contributed by atoms with Crippen LogP contribution in [0.4, 0.5) is 0 Å². The van der Waals surface area contributed by atoms with Gasteiger partial charge in [0.15, 0.2) is 0 Å². The molecular formula is C45H38N4O2Pt. The van der Waals surface area contributed by atoms with Crippen molar-refractivity contribution in [2.75, 3.05) is 0 Å². The van der Waals surface area contributed by atoms with Crippen molar-refractivity contribution in [1.29, 1.82) is 0 Å². The molecule has 5 aromatic heterocycles. The molecule has 0 spiro atoms. The zero-order chi connectivity index (χ0) is 34.2. The Hall–Kier alpha value is -4.80. The molecule has 1 fully saturated rings. The molecule has 8 aromatic rings. The van der Waals surface area contributed by atoms with Crippen molar-refractivity contribution < 1.29 is 30.2 Å². The SMILES string of the molecule is Cc1ccc2c(n1)oc1c(Oc3[c-]c4c(cc3)c3ccccc3n4-c3cc(C)c(C)cn3)[c-]c(-c3cc4c(cn3)CC(C3CCCCC3)C4)cc12.[Pt+2]. The Bertz CT molecular complexity index is 2670. The van der Waals surface area contributed by atoms with E-state index in [0.717, 1.165) is 85.6 Å². The predicted octanol–water partition coefficient (Wildman–Crippen LogP) is 11.1. The zero-order valence-electron chi connectivity index (χ0n) is 29.5. The average molecular weight is 862 g/mol. The van der Waals surface area contributed by atoms with Gasteiger partial charge in [-0.3, -0.25) is 0 Å². The van der Waals surface area contributed by atoms with Crippen LogP contribution in [0.3, 0.4) is 0 Å². The molecule has 6 nitrogen and oxygen atoms in total. The van der Waals surface area contributed by atoms with E-state index in [4.69, 9.17) is 24.1 Å². The minimum Gasteiger partial charge on any atom is -0.499 e. The van der Waals surface area contributed by atoms with Crippen LogP contribution in [-0.2, 0) is 33.9 Å². The van der Waals surface area contributed by atoms with Gasteiger partial charge in [-0.1, -0.05) is 73.5 Å². The average Bonchev–Trinajstić information content (AvgIpc) is 3.84. The molecule has 0 radical (unpaired) electrons. The number of hydrogen-bond acceptors (Lipinski definition) is 5. The summed E-state index contributed by atoms with van der Waals surface area (Å²) in [6.07, 6.45) is 13.2. The Kier molecular flexibility index (Phi) is 8.27. The summed E-state index contributed by atoms with van der Waals surface area (Å²) >= 11 is 0. The predicted molar refractivity (Wildman–Crippen MR) is 203 cm³/mol. The van der Waals surface area contributed by atoms with Crippen molar-refractivity contribution >= 4 is 43.9 Å². The maximum Gasteiger partial charge on any atom is 2.00 e. The van der Waals surface area contributed by atoms with E-state index >= 15 is 0 Å². The number of hydrogen-bond donors (Lipinski definition) is 0. The van der Waals surface area contributed by atoms with Crippen LogP contribution >= 0.6 is 0 Å². The van der Waals surface area contributed by atoms with E-state index in [0.29, 0.717) is 22.8 Å². The fraction of sp³-hybridized carbons (Fsp3) is 0.267. The molecule has 1 atom stereocenters. The molecule has 0 aliphatic heterocycles. The first-order chi connectivity index (χ1) is 25.0. The number of para-hydroxylation sites is 1. The number of rotatable bonds is 5. The fourth-order valence-corrected chi connectivity index (χ4v) is 8.61. The van der Waals surface area contributed by atoms with Crippen molar-refractivity contribution in [3.05, 3.63) is 119 Å². The van der Waals surface area contributed by atoms with E-state index in [1.54, 1.807) is 0 Å². The molecule has 2 aliphatic carbocycles. The van der Waals surface area contributed by atoms with Gasteiger partial charge in [-0.15, -0.1) is 29.1 Å². The summed E-state index contributed by atoms with van der Waals surface area (Å²) in [5.41, 5.74) is 11.0.